The highest BCUT2D eigenvalue weighted by Crippen LogP contribution is 2.40. The van der Waals surface area contributed by atoms with Gasteiger partial charge in [0.05, 0.1) is 5.52 Å². The normalized spacial score (nSPS) is 11.9. The van der Waals surface area contributed by atoms with Gasteiger partial charge in [-0.2, -0.15) is 0 Å². The van der Waals surface area contributed by atoms with Crippen molar-refractivity contribution in [2.24, 2.45) is 0 Å². The minimum atomic E-state index is -1.19. The van der Waals surface area contributed by atoms with E-state index in [4.69, 9.17) is 11.6 Å². The number of aromatic nitrogens is 1. The van der Waals surface area contributed by atoms with Crippen molar-refractivity contribution in [3.8, 4) is 0 Å². The number of aryl methyl sites for hydroxylation is 1. The fourth-order valence-electron chi connectivity index (χ4n) is 2.87. The predicted octanol–water partition coefficient (Wildman–Crippen LogP) is 7.13. The van der Waals surface area contributed by atoms with Gasteiger partial charge in [0.25, 0.3) is 0 Å². The van der Waals surface area contributed by atoms with E-state index < -0.39 is 5.97 Å². The highest BCUT2D eigenvalue weighted by Gasteiger charge is 2.20. The van der Waals surface area contributed by atoms with Crippen LogP contribution in [0.3, 0.4) is 0 Å². The van der Waals surface area contributed by atoms with Crippen molar-refractivity contribution in [3.05, 3.63) is 58.2 Å². The molecule has 3 nitrogen and oxygen atoms in total. The maximum absolute atomic E-state index is 13.4. The van der Waals surface area contributed by atoms with Gasteiger partial charge in [-0.1, -0.05) is 56.3 Å². The summed E-state index contributed by atoms with van der Waals surface area (Å²) in [7, 11) is 0. The zero-order chi connectivity index (χ0) is 19.9. The van der Waals surface area contributed by atoms with Gasteiger partial charge in [0, 0.05) is 20.2 Å². The number of hydrogen-bond donors (Lipinski definition) is 1. The van der Waals surface area contributed by atoms with E-state index >= 15 is 0 Å². The first kappa shape index (κ1) is 20.1. The van der Waals surface area contributed by atoms with Crippen LogP contribution in [0.4, 0.5) is 3.89 Å². The molecule has 0 saturated carbocycles. The Labute approximate surface area is 171 Å². The van der Waals surface area contributed by atoms with Crippen LogP contribution in [0.2, 0.25) is 5.02 Å². The van der Waals surface area contributed by atoms with Crippen LogP contribution in [0.15, 0.2) is 46.2 Å². The Morgan fingerprint density at radius 3 is 2.41 bits per heavy atom. The van der Waals surface area contributed by atoms with Crippen LogP contribution >= 0.6 is 35.7 Å². The number of fused-ring (bicyclic) bond motifs is 1. The molecule has 142 valence electrons. The molecule has 0 atom stereocenters. The second kappa shape index (κ2) is 7.41. The lowest BCUT2D eigenvalue weighted by Gasteiger charge is -2.20. The largest absolute Gasteiger partial charge is 0.477 e. The van der Waals surface area contributed by atoms with E-state index in [1.807, 2.05) is 6.92 Å². The van der Waals surface area contributed by atoms with Crippen LogP contribution in [0.25, 0.3) is 10.9 Å². The first-order valence-electron chi connectivity index (χ1n) is 8.28. The summed E-state index contributed by atoms with van der Waals surface area (Å²) in [5.74, 6) is -1.19. The summed E-state index contributed by atoms with van der Waals surface area (Å²) in [5, 5.41) is 10.4. The Balaban J connectivity index is 2.11. The summed E-state index contributed by atoms with van der Waals surface area (Å²) >= 11 is 7.59. The Bertz CT molecular complexity index is 1040. The van der Waals surface area contributed by atoms with Crippen molar-refractivity contribution in [2.45, 2.75) is 42.9 Å². The minimum absolute atomic E-state index is 0.0588. The van der Waals surface area contributed by atoms with Crippen molar-refractivity contribution in [2.75, 3.05) is 0 Å². The molecule has 1 heterocycles. The van der Waals surface area contributed by atoms with Gasteiger partial charge in [0.1, 0.15) is 5.69 Å². The van der Waals surface area contributed by atoms with Crippen LogP contribution in [0.1, 0.15) is 42.4 Å². The number of hydrogen-bond acceptors (Lipinski definition) is 3. The summed E-state index contributed by atoms with van der Waals surface area (Å²) in [4.78, 5) is 13.3. The highest BCUT2D eigenvalue weighted by molar-refractivity contribution is 7.99. The molecule has 3 rings (SSSR count). The van der Waals surface area contributed by atoms with Crippen molar-refractivity contribution < 1.29 is 13.8 Å². The van der Waals surface area contributed by atoms with Crippen LogP contribution < -0.4 is 0 Å². The van der Waals surface area contributed by atoms with E-state index in [0.717, 1.165) is 19.3 Å². The second-order valence-electron chi connectivity index (χ2n) is 7.37. The molecule has 0 spiro atoms. The highest BCUT2D eigenvalue weighted by atomic mass is 35.5. The van der Waals surface area contributed by atoms with Crippen LogP contribution in [-0.2, 0) is 5.41 Å². The first-order chi connectivity index (χ1) is 12.6. The fourth-order valence-corrected chi connectivity index (χ4v) is 4.63. The lowest BCUT2D eigenvalue weighted by Crippen LogP contribution is -2.11. The molecular weight excluding hydrogens is 405 g/mol. The predicted molar refractivity (Wildman–Crippen MR) is 112 cm³/mol. The first-order valence-corrected chi connectivity index (χ1v) is 10.1. The smallest absolute Gasteiger partial charge is 0.353 e. The Kier molecular flexibility index (Phi) is 5.52. The van der Waals surface area contributed by atoms with Gasteiger partial charge < -0.3 is 5.11 Å². The van der Waals surface area contributed by atoms with Crippen molar-refractivity contribution in [1.82, 2.24) is 3.97 Å². The maximum Gasteiger partial charge on any atom is 0.353 e. The number of benzene rings is 2. The molecule has 1 aromatic heterocycles. The van der Waals surface area contributed by atoms with Gasteiger partial charge in [-0.3, -0.25) is 0 Å². The van der Waals surface area contributed by atoms with E-state index in [2.05, 4.69) is 39.0 Å². The molecule has 0 aliphatic heterocycles. The number of carboxylic acids is 1. The van der Waals surface area contributed by atoms with Crippen LogP contribution in [-0.4, -0.2) is 15.0 Å². The Morgan fingerprint density at radius 2 is 1.85 bits per heavy atom. The second-order valence-corrected chi connectivity index (χ2v) is 9.39. The number of carbonyl (C=O) groups is 1. The molecule has 7 heteroatoms. The number of aromatic carboxylic acids is 1. The van der Waals surface area contributed by atoms with Gasteiger partial charge in [0.2, 0.25) is 0 Å². The molecule has 0 saturated heterocycles. The number of carboxylic acid groups (broad SMARTS) is 1. The van der Waals surface area contributed by atoms with E-state index in [1.165, 1.54) is 23.4 Å². The molecule has 3 aromatic rings. The van der Waals surface area contributed by atoms with E-state index in [0.29, 0.717) is 15.9 Å². The van der Waals surface area contributed by atoms with Gasteiger partial charge in [-0.25, -0.2) is 8.77 Å². The zero-order valence-corrected chi connectivity index (χ0v) is 17.7. The summed E-state index contributed by atoms with van der Waals surface area (Å²) in [6.07, 6.45) is 0. The molecule has 0 amide bonds. The van der Waals surface area contributed by atoms with Crippen LogP contribution in [0, 0.1) is 6.92 Å². The molecule has 0 bridgehead atoms. The molecular formula is C20H19ClFNO2S2. The summed E-state index contributed by atoms with van der Waals surface area (Å²) < 4.78 is 14.4. The lowest BCUT2D eigenvalue weighted by atomic mass is 9.86. The van der Waals surface area contributed by atoms with E-state index in [9.17, 15) is 13.8 Å². The van der Waals surface area contributed by atoms with Gasteiger partial charge in [-0.15, -0.1) is 3.89 Å². The molecule has 0 fully saturated rings. The standard InChI is InChI=1S/C20H19ClFNO2S2/c1-11-7-12(20(2,3)4)5-6-17(11)26-18-9-13(21)8-15-14(18)10-16(19(24)25)23(15)27-22/h5-10H,1-4H3,(H,24,25). The summed E-state index contributed by atoms with van der Waals surface area (Å²) in [5.41, 5.74) is 2.75. The third-order valence-corrected chi connectivity index (χ3v) is 6.34. The lowest BCUT2D eigenvalue weighted by molar-refractivity contribution is 0.0690. The fraction of sp³-hybridized carbons (Fsp3) is 0.250. The Hall–Kier alpha value is -1.63. The van der Waals surface area contributed by atoms with E-state index in [1.54, 1.807) is 12.1 Å². The molecule has 0 aliphatic rings. The molecule has 0 radical (unpaired) electrons. The monoisotopic (exact) mass is 423 g/mol. The zero-order valence-electron chi connectivity index (χ0n) is 15.3. The molecule has 2 aromatic carbocycles. The molecule has 0 unspecified atom stereocenters. The summed E-state index contributed by atoms with van der Waals surface area (Å²) in [6.45, 7) is 8.55. The molecule has 27 heavy (non-hydrogen) atoms. The topological polar surface area (TPSA) is 42.2 Å². The molecule has 0 aliphatic carbocycles. The minimum Gasteiger partial charge on any atom is -0.477 e. The average Bonchev–Trinajstić information content (AvgIpc) is 2.94. The quantitative estimate of drug-likeness (QED) is 0.484. The van der Waals surface area contributed by atoms with Gasteiger partial charge in [0.15, 0.2) is 12.3 Å². The van der Waals surface area contributed by atoms with E-state index in [-0.39, 0.29) is 23.4 Å². The van der Waals surface area contributed by atoms with Crippen LogP contribution in [0.5, 0.6) is 0 Å². The Morgan fingerprint density at radius 1 is 1.15 bits per heavy atom. The number of halogens is 2. The van der Waals surface area contributed by atoms with Crippen molar-refractivity contribution in [1.29, 1.82) is 0 Å². The summed E-state index contributed by atoms with van der Waals surface area (Å²) in [6, 6.07) is 11.2. The number of rotatable bonds is 4. The SMILES string of the molecule is Cc1cc(C(C)(C)C)ccc1Sc1cc(Cl)cc2c1cc(C(=O)O)n2SF. The molecule has 1 N–H and O–H groups in total. The number of nitrogens with zero attached hydrogens (tertiary/aromatic N) is 1. The van der Waals surface area contributed by atoms with Gasteiger partial charge in [-0.05, 0) is 47.7 Å². The van der Waals surface area contributed by atoms with Crippen molar-refractivity contribution >= 4 is 52.6 Å². The maximum atomic E-state index is 13.4. The third-order valence-electron chi connectivity index (χ3n) is 4.35. The van der Waals surface area contributed by atoms with Gasteiger partial charge >= 0.3 is 5.97 Å². The van der Waals surface area contributed by atoms with Crippen molar-refractivity contribution in [3.63, 3.8) is 0 Å². The average molecular weight is 424 g/mol. The third kappa shape index (κ3) is 3.98.